The lowest BCUT2D eigenvalue weighted by Gasteiger charge is -2.24. The molecule has 230 valence electrons. The summed E-state index contributed by atoms with van der Waals surface area (Å²) in [6.45, 7) is 11.5. The second-order valence-electron chi connectivity index (χ2n) is 11.4. The summed E-state index contributed by atoms with van der Waals surface area (Å²) in [5, 5.41) is 0. The molecular formula is C37H40FNO5. The van der Waals surface area contributed by atoms with Crippen LogP contribution in [0, 0.1) is 32.0 Å². The number of aliphatic imine (C=N–C) groups is 1. The van der Waals surface area contributed by atoms with Gasteiger partial charge in [-0.3, -0.25) is 0 Å². The van der Waals surface area contributed by atoms with Gasteiger partial charge in [0.2, 0.25) is 5.88 Å². The molecule has 0 N–H and O–H groups in total. The molecule has 3 aromatic carbocycles. The Kier molecular flexibility index (Phi) is 10.0. The van der Waals surface area contributed by atoms with E-state index in [0.29, 0.717) is 48.7 Å². The third kappa shape index (κ3) is 7.32. The summed E-state index contributed by atoms with van der Waals surface area (Å²) in [6.07, 6.45) is 9.32. The van der Waals surface area contributed by atoms with Crippen molar-refractivity contribution in [2.45, 2.75) is 65.1 Å². The van der Waals surface area contributed by atoms with Gasteiger partial charge in [-0.25, -0.2) is 9.38 Å². The van der Waals surface area contributed by atoms with Crippen molar-refractivity contribution in [1.82, 2.24) is 0 Å². The van der Waals surface area contributed by atoms with E-state index in [1.165, 1.54) is 13.2 Å². The molecule has 0 atom stereocenters. The highest BCUT2D eigenvalue weighted by Crippen LogP contribution is 2.51. The van der Waals surface area contributed by atoms with E-state index in [0.717, 1.165) is 70.3 Å². The van der Waals surface area contributed by atoms with Crippen molar-refractivity contribution in [3.8, 4) is 35.0 Å². The van der Waals surface area contributed by atoms with Gasteiger partial charge in [0.25, 0.3) is 0 Å². The van der Waals surface area contributed by atoms with E-state index >= 15 is 4.39 Å². The molecule has 44 heavy (non-hydrogen) atoms. The number of ether oxygens (including phenoxy) is 5. The lowest BCUT2D eigenvalue weighted by Crippen LogP contribution is -2.22. The van der Waals surface area contributed by atoms with E-state index in [-0.39, 0.29) is 18.7 Å². The van der Waals surface area contributed by atoms with Crippen LogP contribution in [0.15, 0.2) is 59.9 Å². The maximum atomic E-state index is 15.4. The van der Waals surface area contributed by atoms with E-state index in [1.54, 1.807) is 6.92 Å². The number of halogens is 1. The van der Waals surface area contributed by atoms with Crippen molar-refractivity contribution >= 4 is 5.71 Å². The van der Waals surface area contributed by atoms with Gasteiger partial charge in [-0.1, -0.05) is 18.1 Å². The molecular weight excluding hydrogens is 557 g/mol. The molecule has 5 rings (SSSR count). The largest absolute Gasteiger partial charge is 0.488 e. The topological polar surface area (TPSA) is 58.5 Å². The van der Waals surface area contributed by atoms with E-state index in [1.807, 2.05) is 44.2 Å². The monoisotopic (exact) mass is 597 g/mol. The zero-order valence-corrected chi connectivity index (χ0v) is 26.0. The average Bonchev–Trinajstić information content (AvgIpc) is 3.87. The van der Waals surface area contributed by atoms with E-state index in [9.17, 15) is 0 Å². The number of benzene rings is 3. The van der Waals surface area contributed by atoms with Crippen LogP contribution in [-0.4, -0.2) is 38.9 Å². The zero-order valence-electron chi connectivity index (χ0n) is 26.0. The van der Waals surface area contributed by atoms with Crippen molar-refractivity contribution in [2.75, 3.05) is 27.1 Å². The molecule has 0 radical (unpaired) electrons. The number of hydrogen-bond donors (Lipinski definition) is 0. The number of nitrogens with zero attached hydrogens (tertiary/aromatic N) is 1. The molecule has 1 saturated carbocycles. The average molecular weight is 598 g/mol. The predicted molar refractivity (Wildman–Crippen MR) is 171 cm³/mol. The first-order valence-corrected chi connectivity index (χ1v) is 15.1. The Morgan fingerprint density at radius 2 is 1.77 bits per heavy atom. The van der Waals surface area contributed by atoms with Gasteiger partial charge < -0.3 is 23.7 Å². The van der Waals surface area contributed by atoms with E-state index < -0.39 is 0 Å². The van der Waals surface area contributed by atoms with Gasteiger partial charge in [-0.15, -0.1) is 6.42 Å². The van der Waals surface area contributed by atoms with Crippen LogP contribution >= 0.6 is 0 Å². The Labute approximate surface area is 259 Å². The number of hydrogen-bond acceptors (Lipinski definition) is 6. The van der Waals surface area contributed by atoms with Crippen molar-refractivity contribution in [1.29, 1.82) is 0 Å². The minimum Gasteiger partial charge on any atom is -0.488 e. The second-order valence-corrected chi connectivity index (χ2v) is 11.4. The van der Waals surface area contributed by atoms with Crippen LogP contribution in [0.3, 0.4) is 0 Å². The maximum Gasteiger partial charge on any atom is 0.206 e. The van der Waals surface area contributed by atoms with Gasteiger partial charge in [0.1, 0.15) is 30.0 Å². The normalized spacial score (nSPS) is 15.5. The molecule has 0 spiro atoms. The van der Waals surface area contributed by atoms with Crippen LogP contribution in [0.2, 0.25) is 0 Å². The first kappa shape index (κ1) is 31.3. The fraction of sp³-hybridized carbons (Fsp3) is 0.378. The summed E-state index contributed by atoms with van der Waals surface area (Å²) >= 11 is 0. The molecule has 7 heteroatoms. The first-order chi connectivity index (χ1) is 21.3. The van der Waals surface area contributed by atoms with Crippen LogP contribution in [0.25, 0.3) is 11.1 Å². The van der Waals surface area contributed by atoms with E-state index in [2.05, 4.69) is 18.6 Å². The van der Waals surface area contributed by atoms with Gasteiger partial charge in [0.15, 0.2) is 6.79 Å². The fourth-order valence-corrected chi connectivity index (χ4v) is 5.56. The third-order valence-corrected chi connectivity index (χ3v) is 8.16. The Morgan fingerprint density at radius 3 is 2.43 bits per heavy atom. The lowest BCUT2D eigenvalue weighted by molar-refractivity contribution is -0.00391. The van der Waals surface area contributed by atoms with Crippen LogP contribution in [0.1, 0.15) is 71.9 Å². The molecule has 0 amide bonds. The summed E-state index contributed by atoms with van der Waals surface area (Å²) in [5.41, 5.74) is 7.61. The highest BCUT2D eigenvalue weighted by Gasteiger charge is 2.32. The highest BCUT2D eigenvalue weighted by atomic mass is 19.1. The van der Waals surface area contributed by atoms with Gasteiger partial charge >= 0.3 is 0 Å². The van der Waals surface area contributed by atoms with Crippen molar-refractivity contribution in [2.24, 2.45) is 4.99 Å². The zero-order chi connectivity index (χ0) is 31.2. The van der Waals surface area contributed by atoms with Crippen LogP contribution in [0.5, 0.6) is 11.5 Å². The maximum absolute atomic E-state index is 15.4. The Hall–Kier alpha value is -4.12. The van der Waals surface area contributed by atoms with Gasteiger partial charge in [0.05, 0.1) is 13.2 Å². The fourth-order valence-electron chi connectivity index (χ4n) is 5.56. The minimum atomic E-state index is -0.354. The summed E-state index contributed by atoms with van der Waals surface area (Å²) in [7, 11) is 1.54. The smallest absolute Gasteiger partial charge is 0.206 e. The summed E-state index contributed by atoms with van der Waals surface area (Å²) < 4.78 is 44.3. The van der Waals surface area contributed by atoms with Gasteiger partial charge in [-0.2, -0.15) is 0 Å². The standard InChI is InChI=1S/C37H40FNO5/c1-7-27-8-10-28(11-9-27)21-42-37-24(3)32(25(4)39-26(5)44-30-14-16-41-17-15-30)20-34(29-12-13-29)36(37)33-18-31(43-22-40-6)19-35(38)23(33)2/h1,8-11,18-20,29-30H,5,12-17,21-22H2,2-4,6H3/b39-25-. The molecule has 6 nitrogen and oxygen atoms in total. The van der Waals surface area contributed by atoms with Gasteiger partial charge in [-0.05, 0) is 92.6 Å². The van der Waals surface area contributed by atoms with Crippen molar-refractivity contribution < 1.29 is 28.1 Å². The predicted octanol–water partition coefficient (Wildman–Crippen LogP) is 8.01. The molecule has 1 saturated heterocycles. The molecule has 1 aliphatic carbocycles. The van der Waals surface area contributed by atoms with Crippen LogP contribution < -0.4 is 9.47 Å². The SMILES string of the molecule is C#Cc1ccc(COc2c(C)c(/C(C)=N\C(=C)OC3CCOCC3)cc(C3CC3)c2-c2cc(OCOC)cc(F)c2C)cc1. The lowest BCUT2D eigenvalue weighted by atomic mass is 9.87. The Bertz CT molecular complexity index is 1580. The molecule has 3 aromatic rings. The van der Waals surface area contributed by atoms with Crippen molar-refractivity contribution in [3.05, 3.63) is 94.1 Å². The summed E-state index contributed by atoms with van der Waals surface area (Å²) in [4.78, 5) is 4.77. The number of rotatable bonds is 12. The first-order valence-electron chi connectivity index (χ1n) is 15.1. The van der Waals surface area contributed by atoms with Crippen molar-refractivity contribution in [3.63, 3.8) is 0 Å². The number of methoxy groups -OCH3 is 1. The summed E-state index contributed by atoms with van der Waals surface area (Å²) in [5.74, 6) is 4.07. The molecule has 0 bridgehead atoms. The van der Waals surface area contributed by atoms with Crippen LogP contribution in [-0.2, 0) is 20.8 Å². The molecule has 1 aliphatic heterocycles. The van der Waals surface area contributed by atoms with Crippen LogP contribution in [0.4, 0.5) is 4.39 Å². The Morgan fingerprint density at radius 1 is 1.05 bits per heavy atom. The minimum absolute atomic E-state index is 0.0158. The molecule has 1 heterocycles. The van der Waals surface area contributed by atoms with Gasteiger partial charge in [0, 0.05) is 54.0 Å². The summed E-state index contributed by atoms with van der Waals surface area (Å²) in [6, 6.07) is 13.2. The molecule has 0 aromatic heterocycles. The second kappa shape index (κ2) is 14.1. The Balaban J connectivity index is 1.61. The molecule has 2 fully saturated rings. The molecule has 0 unspecified atom stereocenters. The van der Waals surface area contributed by atoms with E-state index in [4.69, 9.17) is 35.1 Å². The third-order valence-electron chi connectivity index (χ3n) is 8.16. The number of terminal acetylenes is 1. The molecule has 2 aliphatic rings. The highest BCUT2D eigenvalue weighted by molar-refractivity contribution is 6.02. The quantitative estimate of drug-likeness (QED) is 0.0916.